The standard InChI is InChI=1S/C29H30N2O7/c1-17(2)38-21-8-6-19(7-9-21)26(32)24-25(20-14-22(35-3)28(37-5)23(15-20)36-4)31(29(34)27(24)33)16-18-10-12-30-13-11-18/h6-15,17,25,32H,16H2,1-5H3/b26-24+. The molecule has 9 nitrogen and oxygen atoms in total. The van der Waals surface area contributed by atoms with Crippen LogP contribution in [0.4, 0.5) is 0 Å². The fourth-order valence-electron chi connectivity index (χ4n) is 4.45. The Morgan fingerprint density at radius 1 is 0.947 bits per heavy atom. The number of rotatable bonds is 9. The van der Waals surface area contributed by atoms with E-state index >= 15 is 0 Å². The number of aliphatic hydroxyl groups excluding tert-OH is 1. The maximum atomic E-state index is 13.4. The second-order valence-electron chi connectivity index (χ2n) is 8.93. The number of likely N-dealkylation sites (tertiary alicyclic amines) is 1. The topological polar surface area (TPSA) is 107 Å². The summed E-state index contributed by atoms with van der Waals surface area (Å²) in [6, 6.07) is 12.6. The zero-order chi connectivity index (χ0) is 27.4. The molecule has 1 atom stereocenters. The third kappa shape index (κ3) is 5.13. The summed E-state index contributed by atoms with van der Waals surface area (Å²) in [6.45, 7) is 3.94. The Morgan fingerprint density at radius 3 is 2.08 bits per heavy atom. The predicted octanol–water partition coefficient (Wildman–Crippen LogP) is 4.52. The molecule has 1 unspecified atom stereocenters. The number of carbonyl (C=O) groups is 2. The summed E-state index contributed by atoms with van der Waals surface area (Å²) < 4.78 is 22.2. The summed E-state index contributed by atoms with van der Waals surface area (Å²) in [5.41, 5.74) is 1.61. The van der Waals surface area contributed by atoms with Crippen LogP contribution in [0.5, 0.6) is 23.0 Å². The minimum absolute atomic E-state index is 0.0204. The maximum Gasteiger partial charge on any atom is 0.295 e. The Labute approximate surface area is 221 Å². The van der Waals surface area contributed by atoms with Gasteiger partial charge < -0.3 is 29.0 Å². The van der Waals surface area contributed by atoms with Crippen LogP contribution >= 0.6 is 0 Å². The Kier molecular flexibility index (Phi) is 7.85. The van der Waals surface area contributed by atoms with Crippen LogP contribution < -0.4 is 18.9 Å². The lowest BCUT2D eigenvalue weighted by atomic mass is 9.94. The fourth-order valence-corrected chi connectivity index (χ4v) is 4.45. The third-order valence-corrected chi connectivity index (χ3v) is 6.14. The molecule has 198 valence electrons. The SMILES string of the molecule is COc1cc(C2/C(=C(\O)c3ccc(OC(C)C)cc3)C(=O)C(=O)N2Cc2ccncc2)cc(OC)c1OC. The smallest absolute Gasteiger partial charge is 0.295 e. The molecule has 1 N–H and O–H groups in total. The molecule has 2 aromatic carbocycles. The molecule has 0 spiro atoms. The van der Waals surface area contributed by atoms with Crippen molar-refractivity contribution in [3.63, 3.8) is 0 Å². The molecule has 1 amide bonds. The van der Waals surface area contributed by atoms with Crippen molar-refractivity contribution in [1.82, 2.24) is 9.88 Å². The lowest BCUT2D eigenvalue weighted by Crippen LogP contribution is -2.29. The molecule has 0 aliphatic carbocycles. The molecular formula is C29H30N2O7. The van der Waals surface area contributed by atoms with Crippen LogP contribution in [-0.2, 0) is 16.1 Å². The molecule has 0 bridgehead atoms. The Morgan fingerprint density at radius 2 is 1.55 bits per heavy atom. The van der Waals surface area contributed by atoms with Gasteiger partial charge in [0.25, 0.3) is 11.7 Å². The van der Waals surface area contributed by atoms with Crippen LogP contribution in [0.25, 0.3) is 5.76 Å². The fraction of sp³-hybridized carbons (Fsp3) is 0.276. The van der Waals surface area contributed by atoms with E-state index in [-0.39, 0.29) is 24.0 Å². The molecule has 9 heteroatoms. The van der Waals surface area contributed by atoms with E-state index < -0.39 is 17.7 Å². The van der Waals surface area contributed by atoms with Gasteiger partial charge in [-0.1, -0.05) is 0 Å². The van der Waals surface area contributed by atoms with E-state index in [1.807, 2.05) is 13.8 Å². The number of nitrogens with zero attached hydrogens (tertiary/aromatic N) is 2. The number of amides is 1. The first-order chi connectivity index (χ1) is 18.3. The monoisotopic (exact) mass is 518 g/mol. The van der Waals surface area contributed by atoms with Crippen molar-refractivity contribution >= 4 is 17.4 Å². The minimum Gasteiger partial charge on any atom is -0.507 e. The van der Waals surface area contributed by atoms with Gasteiger partial charge in [-0.3, -0.25) is 14.6 Å². The lowest BCUT2D eigenvalue weighted by molar-refractivity contribution is -0.140. The van der Waals surface area contributed by atoms with E-state index in [4.69, 9.17) is 18.9 Å². The molecule has 1 aromatic heterocycles. The molecule has 0 saturated carbocycles. The molecule has 1 saturated heterocycles. The summed E-state index contributed by atoms with van der Waals surface area (Å²) >= 11 is 0. The number of methoxy groups -OCH3 is 3. The number of Topliss-reactive ketones (excluding diaryl/α,β-unsaturated/α-hetero) is 1. The van der Waals surface area contributed by atoms with Gasteiger partial charge in [0.2, 0.25) is 5.75 Å². The lowest BCUT2D eigenvalue weighted by Gasteiger charge is -2.26. The van der Waals surface area contributed by atoms with Crippen LogP contribution in [0.1, 0.15) is 36.6 Å². The summed E-state index contributed by atoms with van der Waals surface area (Å²) in [5.74, 6) is -0.130. The molecule has 0 radical (unpaired) electrons. The molecule has 38 heavy (non-hydrogen) atoms. The number of pyridine rings is 1. The number of benzene rings is 2. The normalized spacial score (nSPS) is 16.6. The largest absolute Gasteiger partial charge is 0.507 e. The number of aliphatic hydroxyl groups is 1. The Bertz CT molecular complexity index is 1330. The van der Waals surface area contributed by atoms with Crippen LogP contribution in [0.2, 0.25) is 0 Å². The molecule has 1 aliphatic rings. The summed E-state index contributed by atoms with van der Waals surface area (Å²) in [6.07, 6.45) is 3.20. The molecular weight excluding hydrogens is 488 g/mol. The first-order valence-electron chi connectivity index (χ1n) is 12.0. The molecule has 4 rings (SSSR count). The predicted molar refractivity (Wildman–Crippen MR) is 140 cm³/mol. The van der Waals surface area contributed by atoms with Crippen LogP contribution in [0, 0.1) is 0 Å². The molecule has 3 aromatic rings. The van der Waals surface area contributed by atoms with Gasteiger partial charge in [-0.05, 0) is 73.5 Å². The highest BCUT2D eigenvalue weighted by atomic mass is 16.5. The second-order valence-corrected chi connectivity index (χ2v) is 8.93. The van der Waals surface area contributed by atoms with Crippen molar-refractivity contribution in [2.24, 2.45) is 0 Å². The van der Waals surface area contributed by atoms with Gasteiger partial charge in [-0.15, -0.1) is 0 Å². The van der Waals surface area contributed by atoms with Gasteiger partial charge in [-0.2, -0.15) is 0 Å². The third-order valence-electron chi connectivity index (χ3n) is 6.14. The highest BCUT2D eigenvalue weighted by Crippen LogP contribution is 2.46. The molecule has 2 heterocycles. The van der Waals surface area contributed by atoms with E-state index in [1.54, 1.807) is 60.9 Å². The summed E-state index contributed by atoms with van der Waals surface area (Å²) in [4.78, 5) is 32.2. The van der Waals surface area contributed by atoms with Crippen LogP contribution in [0.3, 0.4) is 0 Å². The highest BCUT2D eigenvalue weighted by Gasteiger charge is 2.46. The summed E-state index contributed by atoms with van der Waals surface area (Å²) in [7, 11) is 4.45. The van der Waals surface area contributed by atoms with E-state index in [0.717, 1.165) is 5.56 Å². The van der Waals surface area contributed by atoms with Crippen LogP contribution in [-0.4, -0.2) is 54.1 Å². The zero-order valence-corrected chi connectivity index (χ0v) is 21.9. The number of hydrogen-bond acceptors (Lipinski definition) is 8. The Hall–Kier alpha value is -4.53. The van der Waals surface area contributed by atoms with E-state index in [1.165, 1.54) is 26.2 Å². The van der Waals surface area contributed by atoms with Gasteiger partial charge >= 0.3 is 0 Å². The van der Waals surface area contributed by atoms with E-state index in [2.05, 4.69) is 4.98 Å². The van der Waals surface area contributed by atoms with Gasteiger partial charge in [0.1, 0.15) is 11.5 Å². The number of ketones is 1. The molecule has 1 fully saturated rings. The summed E-state index contributed by atoms with van der Waals surface area (Å²) in [5, 5.41) is 11.4. The highest BCUT2D eigenvalue weighted by molar-refractivity contribution is 6.46. The van der Waals surface area contributed by atoms with Crippen molar-refractivity contribution in [2.75, 3.05) is 21.3 Å². The average Bonchev–Trinajstić information content (AvgIpc) is 3.17. The van der Waals surface area contributed by atoms with Crippen molar-refractivity contribution in [3.8, 4) is 23.0 Å². The van der Waals surface area contributed by atoms with Crippen molar-refractivity contribution in [2.45, 2.75) is 32.5 Å². The van der Waals surface area contributed by atoms with Crippen molar-refractivity contribution < 1.29 is 33.6 Å². The number of hydrogen-bond donors (Lipinski definition) is 1. The van der Waals surface area contributed by atoms with E-state index in [0.29, 0.717) is 34.1 Å². The average molecular weight is 519 g/mol. The quantitative estimate of drug-likeness (QED) is 0.250. The van der Waals surface area contributed by atoms with Crippen molar-refractivity contribution in [3.05, 3.63) is 83.2 Å². The zero-order valence-electron chi connectivity index (χ0n) is 21.9. The van der Waals surface area contributed by atoms with Gasteiger partial charge in [0.05, 0.1) is 39.0 Å². The van der Waals surface area contributed by atoms with Crippen LogP contribution in [0.15, 0.2) is 66.5 Å². The number of ether oxygens (including phenoxy) is 4. The number of aromatic nitrogens is 1. The van der Waals surface area contributed by atoms with Gasteiger partial charge in [0.15, 0.2) is 11.5 Å². The van der Waals surface area contributed by atoms with E-state index in [9.17, 15) is 14.7 Å². The molecule has 1 aliphatic heterocycles. The van der Waals surface area contributed by atoms with Crippen molar-refractivity contribution in [1.29, 1.82) is 0 Å². The second kappa shape index (κ2) is 11.2. The first-order valence-corrected chi connectivity index (χ1v) is 12.0. The number of carbonyl (C=O) groups excluding carboxylic acids is 2. The maximum absolute atomic E-state index is 13.4. The van der Waals surface area contributed by atoms with Gasteiger partial charge in [0, 0.05) is 24.5 Å². The minimum atomic E-state index is -0.927. The van der Waals surface area contributed by atoms with Gasteiger partial charge in [-0.25, -0.2) is 0 Å². The first kappa shape index (κ1) is 26.5. The Balaban J connectivity index is 1.89.